The van der Waals surface area contributed by atoms with E-state index in [1.807, 2.05) is 62.3 Å². The third-order valence-corrected chi connectivity index (χ3v) is 54.1. The van der Waals surface area contributed by atoms with Crippen LogP contribution in [0.25, 0.3) is 0 Å². The molecule has 0 heterocycles. The molecular weight excluding hydrogens is 997 g/mol. The van der Waals surface area contributed by atoms with Crippen LogP contribution in [0.5, 0.6) is 0 Å². The van der Waals surface area contributed by atoms with Crippen LogP contribution in [0.2, 0.25) is 18.1 Å². The number of rotatable bonds is 34. The maximum absolute atomic E-state index is 6.64. The lowest BCUT2D eigenvalue weighted by molar-refractivity contribution is 0.0693. The minimum Gasteiger partial charge on any atom is -0.374 e. The maximum atomic E-state index is 6.64. The normalized spacial score (nSPS) is 24.1. The Labute approximate surface area is 390 Å². The molecule has 0 aliphatic heterocycles. The Balaban J connectivity index is 4.43. The molecule has 1 rings (SSSR count). The first-order chi connectivity index (χ1) is 26.6. The van der Waals surface area contributed by atoms with Gasteiger partial charge in [-0.15, -0.1) is 94.2 Å². The number of thiol groups is 6. The lowest BCUT2D eigenvalue weighted by Crippen LogP contribution is -2.56. The van der Waals surface area contributed by atoms with E-state index < -0.39 is 54.8 Å². The van der Waals surface area contributed by atoms with Gasteiger partial charge in [0.1, 0.15) is 0 Å². The average molecular weight is 1070 g/mol. The predicted octanol–water partition coefficient (Wildman–Crippen LogP) is 12.8. The molecule has 0 amide bonds. The van der Waals surface area contributed by atoms with E-state index in [0.29, 0.717) is 89.1 Å². The van der Waals surface area contributed by atoms with Gasteiger partial charge in [0.15, 0.2) is 0 Å². The quantitative estimate of drug-likeness (QED) is 0.0211. The molecule has 1 aliphatic rings. The van der Waals surface area contributed by atoms with Crippen LogP contribution < -0.4 is 0 Å². The van der Waals surface area contributed by atoms with Crippen LogP contribution in [-0.4, -0.2) is 112 Å². The molecular formula is C32H76O9S12Si3. The van der Waals surface area contributed by atoms with Crippen molar-refractivity contribution in [2.45, 2.75) is 122 Å². The summed E-state index contributed by atoms with van der Waals surface area (Å²) in [6.07, 6.45) is 3.92. The van der Waals surface area contributed by atoms with Crippen LogP contribution in [0.1, 0.15) is 94.9 Å². The first-order valence-electron chi connectivity index (χ1n) is 20.0. The second-order valence-corrected chi connectivity index (χ2v) is 47.4. The molecule has 9 nitrogen and oxygen atoms in total. The average Bonchev–Trinajstić information content (AvgIpc) is 3.18. The summed E-state index contributed by atoms with van der Waals surface area (Å²) < 4.78 is 58.2. The fourth-order valence-corrected chi connectivity index (χ4v) is 50.8. The van der Waals surface area contributed by atoms with Crippen molar-refractivity contribution >= 4 is 150 Å². The molecule has 24 heteroatoms. The van der Waals surface area contributed by atoms with E-state index in [0.717, 1.165) is 31.4 Å². The molecule has 1 aliphatic carbocycles. The molecule has 5 atom stereocenters. The van der Waals surface area contributed by atoms with Gasteiger partial charge in [0.25, 0.3) is 0 Å². The second kappa shape index (κ2) is 29.2. The molecule has 0 N–H and O–H groups in total. The van der Waals surface area contributed by atoms with Gasteiger partial charge in [-0.2, -0.15) is 0 Å². The van der Waals surface area contributed by atoms with Crippen molar-refractivity contribution in [2.24, 2.45) is 5.92 Å². The van der Waals surface area contributed by atoms with Gasteiger partial charge in [0, 0.05) is 94.3 Å². The topological polar surface area (TPSA) is 83.1 Å². The van der Waals surface area contributed by atoms with Crippen molar-refractivity contribution in [2.75, 3.05) is 76.7 Å². The van der Waals surface area contributed by atoms with Crippen LogP contribution in [0.15, 0.2) is 0 Å². The molecule has 0 spiro atoms. The Kier molecular flexibility index (Phi) is 30.5. The zero-order valence-electron chi connectivity index (χ0n) is 35.4. The Morgan fingerprint density at radius 1 is 0.536 bits per heavy atom. The summed E-state index contributed by atoms with van der Waals surface area (Å²) in [5.74, 6) is 2.29. The fraction of sp³-hybridized carbons (Fsp3) is 1.00. The van der Waals surface area contributed by atoms with Gasteiger partial charge in [-0.3, -0.25) is 0 Å². The Hall–Kier alpha value is 4.49. The van der Waals surface area contributed by atoms with Gasteiger partial charge in [-0.25, -0.2) is 0 Å². The highest BCUT2D eigenvalue weighted by Crippen LogP contribution is 2.95. The molecule has 342 valence electrons. The Bertz CT molecular complexity index is 976. The molecule has 0 aromatic heterocycles. The molecule has 0 aromatic rings. The Morgan fingerprint density at radius 2 is 0.875 bits per heavy atom. The summed E-state index contributed by atoms with van der Waals surface area (Å²) in [7, 11) is -10.5. The summed E-state index contributed by atoms with van der Waals surface area (Å²) in [5, 5.41) is 0.00863. The smallest absolute Gasteiger partial charge is 0.374 e. The van der Waals surface area contributed by atoms with E-state index in [1.165, 1.54) is 0 Å². The van der Waals surface area contributed by atoms with E-state index >= 15 is 0 Å². The Morgan fingerprint density at radius 3 is 1.16 bits per heavy atom. The maximum Gasteiger partial charge on any atom is 0.502 e. The third kappa shape index (κ3) is 15.0. The monoisotopic (exact) mass is 1070 g/mol. The van der Waals surface area contributed by atoms with Crippen LogP contribution in [0.4, 0.5) is 0 Å². The van der Waals surface area contributed by atoms with Crippen LogP contribution in [0.3, 0.4) is 0 Å². The first-order valence-corrected chi connectivity index (χ1v) is 41.5. The zero-order valence-corrected chi connectivity index (χ0v) is 48.7. The van der Waals surface area contributed by atoms with Crippen LogP contribution in [0, 0.1) is 5.92 Å². The van der Waals surface area contributed by atoms with E-state index in [4.69, 9.17) is 110 Å². The molecule has 0 bridgehead atoms. The van der Waals surface area contributed by atoms with Gasteiger partial charge in [-0.05, 0) is 116 Å². The molecule has 1 saturated carbocycles. The highest BCUT2D eigenvalue weighted by Gasteiger charge is 2.66. The van der Waals surface area contributed by atoms with Crippen LogP contribution >= 0.6 is 124 Å². The SMILES string of the molecule is CCO[Si](CCS(S)(SS)C1(S(S)(CC[Si](OCC)(OCC)OCC)SS)CCCCC1C(C[Si](OCC)(OCC)OCC)S(S)(CC)SS)(OCC)OCC. The lowest BCUT2D eigenvalue weighted by Gasteiger charge is -2.68. The minimum absolute atomic E-state index is 0.00863. The number of hydrogen-bond donors (Lipinski definition) is 6. The van der Waals surface area contributed by atoms with Gasteiger partial charge in [0.2, 0.25) is 0 Å². The largest absolute Gasteiger partial charge is 0.502 e. The minimum atomic E-state index is -3.21. The molecule has 0 aromatic carbocycles. The van der Waals surface area contributed by atoms with Crippen molar-refractivity contribution in [1.82, 2.24) is 0 Å². The summed E-state index contributed by atoms with van der Waals surface area (Å²) in [6.45, 7) is 24.8. The molecule has 5 unspecified atom stereocenters. The van der Waals surface area contributed by atoms with Crippen LogP contribution in [-0.2, 0) is 39.8 Å². The molecule has 1 fully saturated rings. The zero-order chi connectivity index (χ0) is 42.6. The third-order valence-electron chi connectivity index (χ3n) is 9.75. The molecule has 0 radical (unpaired) electrons. The van der Waals surface area contributed by atoms with Gasteiger partial charge in [0.05, 0.1) is 4.08 Å². The van der Waals surface area contributed by atoms with E-state index in [9.17, 15) is 0 Å². The first kappa shape index (κ1) is 58.5. The van der Waals surface area contributed by atoms with Crippen molar-refractivity contribution in [1.29, 1.82) is 0 Å². The molecule has 0 saturated heterocycles. The lowest BCUT2D eigenvalue weighted by atomic mass is 9.86. The van der Waals surface area contributed by atoms with Crippen molar-refractivity contribution in [3.8, 4) is 0 Å². The predicted molar refractivity (Wildman–Crippen MR) is 285 cm³/mol. The van der Waals surface area contributed by atoms with Gasteiger partial charge < -0.3 is 39.8 Å². The summed E-state index contributed by atoms with van der Waals surface area (Å²) in [5.41, 5.74) is 0. The van der Waals surface area contributed by atoms with E-state index in [2.05, 4.69) is 6.92 Å². The van der Waals surface area contributed by atoms with Gasteiger partial charge in [-0.1, -0.05) is 19.8 Å². The van der Waals surface area contributed by atoms with E-state index in [1.54, 1.807) is 29.5 Å². The van der Waals surface area contributed by atoms with E-state index in [-0.39, 0.29) is 11.2 Å². The van der Waals surface area contributed by atoms with Crippen molar-refractivity contribution in [3.05, 3.63) is 0 Å². The summed E-state index contributed by atoms with van der Waals surface area (Å²) in [6, 6.07) is 1.82. The van der Waals surface area contributed by atoms with Crippen molar-refractivity contribution < 1.29 is 39.8 Å². The highest BCUT2D eigenvalue weighted by molar-refractivity contribution is 9.41. The van der Waals surface area contributed by atoms with Crippen molar-refractivity contribution in [3.63, 3.8) is 0 Å². The summed E-state index contributed by atoms with van der Waals surface area (Å²) in [4.78, 5) is 0. The molecule has 56 heavy (non-hydrogen) atoms. The summed E-state index contributed by atoms with van der Waals surface area (Å²) >= 11 is 33.1. The standard InChI is InChI=1S/C32H76O9S12Si3/c1-11-33-54(34-12-2,35-13-3)27-25-52(46,49-43)32(53(47,50-44)26-28-55(36-14-4,37-15-5)38-16-6)24-22-21-23-30(32)31(51(45,20-10)48-42)29-56(39-17-7,40-18-8)41-19-9/h30-31,42-47H,11-29H2,1-10H3. The fourth-order valence-electron chi connectivity index (χ4n) is 7.74. The highest BCUT2D eigenvalue weighted by atomic mass is 33.7. The van der Waals surface area contributed by atoms with Gasteiger partial charge >= 0.3 is 26.4 Å². The number of hydrogen-bond acceptors (Lipinski definition) is 18. The second-order valence-electron chi connectivity index (χ2n) is 12.7.